The molecule has 0 N–H and O–H groups in total. The molecule has 2 aromatic rings. The van der Waals surface area contributed by atoms with Crippen molar-refractivity contribution in [1.82, 2.24) is 0 Å². The summed E-state index contributed by atoms with van der Waals surface area (Å²) in [6.45, 7) is 6.64. The molecule has 0 unspecified atom stereocenters. The molecular weight excluding hydrogens is 436 g/mol. The van der Waals surface area contributed by atoms with Gasteiger partial charge in [-0.15, -0.1) is 0 Å². The van der Waals surface area contributed by atoms with Crippen LogP contribution in [0, 0.1) is 0 Å². The highest BCUT2D eigenvalue weighted by atomic mass is 16.5. The lowest BCUT2D eigenvalue weighted by Crippen LogP contribution is -2.26. The minimum absolute atomic E-state index is 0.129. The second kappa shape index (κ2) is 12.8. The average molecular weight is 477 g/mol. The number of esters is 1. The third kappa shape index (κ3) is 7.13. The van der Waals surface area contributed by atoms with E-state index in [4.69, 9.17) is 4.74 Å². The summed E-state index contributed by atoms with van der Waals surface area (Å²) >= 11 is 0. The molecule has 0 aromatic heterocycles. The quantitative estimate of drug-likeness (QED) is 0.178. The van der Waals surface area contributed by atoms with Crippen LogP contribution >= 0.6 is 0 Å². The standard InChI is InChI=1S/C31H40O4/c1-4-5-6-7-8-9-10-11-12-15-20-35-28(32)22-31(2,3)23-18-19-26-27(21-23)30(34)25-17-14-13-16-24(25)29(26)33/h13-14,16-19,21H,4-12,15,20,22H2,1-3H3. The Balaban J connectivity index is 1.45. The van der Waals surface area contributed by atoms with E-state index in [9.17, 15) is 14.4 Å². The van der Waals surface area contributed by atoms with E-state index in [1.54, 1.807) is 36.4 Å². The first-order chi connectivity index (χ1) is 16.8. The van der Waals surface area contributed by atoms with E-state index in [0.717, 1.165) is 18.4 Å². The number of fused-ring (bicyclic) bond motifs is 2. The van der Waals surface area contributed by atoms with Crippen LogP contribution in [-0.4, -0.2) is 24.1 Å². The van der Waals surface area contributed by atoms with Crippen LogP contribution in [0.5, 0.6) is 0 Å². The molecule has 35 heavy (non-hydrogen) atoms. The van der Waals surface area contributed by atoms with Gasteiger partial charge in [0.15, 0.2) is 11.6 Å². The van der Waals surface area contributed by atoms with Gasteiger partial charge in [-0.1, -0.05) is 109 Å². The van der Waals surface area contributed by atoms with Gasteiger partial charge in [0, 0.05) is 27.7 Å². The third-order valence-electron chi connectivity index (χ3n) is 7.05. The molecule has 0 fully saturated rings. The van der Waals surface area contributed by atoms with Crippen LogP contribution in [0.3, 0.4) is 0 Å². The lowest BCUT2D eigenvalue weighted by molar-refractivity contribution is -0.145. The lowest BCUT2D eigenvalue weighted by atomic mass is 9.77. The summed E-state index contributed by atoms with van der Waals surface area (Å²) < 4.78 is 5.51. The Labute approximate surface area is 210 Å². The highest BCUT2D eigenvalue weighted by Gasteiger charge is 2.32. The maximum absolute atomic E-state index is 13.0. The summed E-state index contributed by atoms with van der Waals surface area (Å²) in [5, 5.41) is 0. The molecule has 2 aromatic carbocycles. The summed E-state index contributed by atoms with van der Waals surface area (Å²) in [5.41, 5.74) is 2.08. The van der Waals surface area contributed by atoms with Crippen molar-refractivity contribution in [1.29, 1.82) is 0 Å². The van der Waals surface area contributed by atoms with E-state index >= 15 is 0 Å². The highest BCUT2D eigenvalue weighted by Crippen LogP contribution is 2.33. The minimum Gasteiger partial charge on any atom is -0.466 e. The molecule has 0 amide bonds. The van der Waals surface area contributed by atoms with Crippen molar-refractivity contribution >= 4 is 17.5 Å². The number of rotatable bonds is 14. The smallest absolute Gasteiger partial charge is 0.306 e. The zero-order valence-electron chi connectivity index (χ0n) is 21.7. The molecule has 0 atom stereocenters. The molecule has 1 aliphatic rings. The molecule has 0 spiro atoms. The van der Waals surface area contributed by atoms with Crippen molar-refractivity contribution in [3.05, 3.63) is 70.3 Å². The normalized spacial score (nSPS) is 12.9. The van der Waals surface area contributed by atoms with Crippen molar-refractivity contribution in [3.8, 4) is 0 Å². The molecule has 0 heterocycles. The minimum atomic E-state index is -0.510. The largest absolute Gasteiger partial charge is 0.466 e. The van der Waals surface area contributed by atoms with Crippen LogP contribution in [0.25, 0.3) is 0 Å². The van der Waals surface area contributed by atoms with E-state index in [2.05, 4.69) is 6.92 Å². The van der Waals surface area contributed by atoms with E-state index in [0.29, 0.717) is 28.9 Å². The second-order valence-electron chi connectivity index (χ2n) is 10.4. The van der Waals surface area contributed by atoms with Gasteiger partial charge in [-0.25, -0.2) is 0 Å². The number of hydrogen-bond donors (Lipinski definition) is 0. The third-order valence-corrected chi connectivity index (χ3v) is 7.05. The van der Waals surface area contributed by atoms with Gasteiger partial charge in [-0.3, -0.25) is 14.4 Å². The Bertz CT molecular complexity index is 1030. The van der Waals surface area contributed by atoms with Gasteiger partial charge < -0.3 is 4.74 Å². The fourth-order valence-corrected chi connectivity index (χ4v) is 4.81. The molecule has 3 rings (SSSR count). The van der Waals surface area contributed by atoms with Gasteiger partial charge in [0.05, 0.1) is 13.0 Å². The van der Waals surface area contributed by atoms with Crippen LogP contribution in [0.1, 0.15) is 129 Å². The first kappa shape index (κ1) is 26.8. The number of carbonyl (C=O) groups is 3. The van der Waals surface area contributed by atoms with Crippen molar-refractivity contribution < 1.29 is 19.1 Å². The number of benzene rings is 2. The zero-order chi connectivity index (χ0) is 25.3. The molecule has 0 saturated heterocycles. The van der Waals surface area contributed by atoms with Gasteiger partial charge in [0.2, 0.25) is 0 Å². The van der Waals surface area contributed by atoms with Gasteiger partial charge >= 0.3 is 5.97 Å². The highest BCUT2D eigenvalue weighted by molar-refractivity contribution is 6.28. The number of hydrogen-bond acceptors (Lipinski definition) is 4. The van der Waals surface area contributed by atoms with Crippen molar-refractivity contribution in [2.24, 2.45) is 0 Å². The Kier molecular flexibility index (Phi) is 9.83. The molecule has 0 saturated carbocycles. The average Bonchev–Trinajstić information content (AvgIpc) is 2.85. The second-order valence-corrected chi connectivity index (χ2v) is 10.4. The molecule has 0 bridgehead atoms. The van der Waals surface area contributed by atoms with E-state index < -0.39 is 5.41 Å². The number of ketones is 2. The first-order valence-electron chi connectivity index (χ1n) is 13.3. The Morgan fingerprint density at radius 2 is 1.23 bits per heavy atom. The van der Waals surface area contributed by atoms with E-state index in [1.807, 2.05) is 19.9 Å². The van der Waals surface area contributed by atoms with Crippen LogP contribution in [0.4, 0.5) is 0 Å². The summed E-state index contributed by atoms with van der Waals surface area (Å²) in [7, 11) is 0. The Hall–Kier alpha value is -2.75. The topological polar surface area (TPSA) is 60.4 Å². The fourth-order valence-electron chi connectivity index (χ4n) is 4.81. The number of carbonyl (C=O) groups excluding carboxylic acids is 3. The van der Waals surface area contributed by atoms with Crippen LogP contribution in [0.15, 0.2) is 42.5 Å². The van der Waals surface area contributed by atoms with Gasteiger partial charge in [0.25, 0.3) is 0 Å². The van der Waals surface area contributed by atoms with E-state index in [1.165, 1.54) is 51.4 Å². The van der Waals surface area contributed by atoms with Crippen LogP contribution in [-0.2, 0) is 14.9 Å². The molecular formula is C31H40O4. The SMILES string of the molecule is CCCCCCCCCCCCOC(=O)CC(C)(C)c1ccc2c(c1)C(=O)c1ccccc1C2=O. The lowest BCUT2D eigenvalue weighted by Gasteiger charge is -2.26. The zero-order valence-corrected chi connectivity index (χ0v) is 21.7. The van der Waals surface area contributed by atoms with Gasteiger partial charge in [-0.2, -0.15) is 0 Å². The maximum atomic E-state index is 13.0. The van der Waals surface area contributed by atoms with Crippen molar-refractivity contribution in [2.45, 2.75) is 96.8 Å². The molecule has 0 radical (unpaired) electrons. The number of ether oxygens (including phenoxy) is 1. The molecule has 1 aliphatic carbocycles. The first-order valence-corrected chi connectivity index (χ1v) is 13.3. The van der Waals surface area contributed by atoms with Crippen molar-refractivity contribution in [3.63, 3.8) is 0 Å². The molecule has 188 valence electrons. The van der Waals surface area contributed by atoms with Gasteiger partial charge in [0.1, 0.15) is 0 Å². The summed E-state index contributed by atoms with van der Waals surface area (Å²) in [6, 6.07) is 12.3. The molecule has 0 aliphatic heterocycles. The van der Waals surface area contributed by atoms with Crippen LogP contribution < -0.4 is 0 Å². The monoisotopic (exact) mass is 476 g/mol. The number of unbranched alkanes of at least 4 members (excludes halogenated alkanes) is 9. The van der Waals surface area contributed by atoms with Crippen LogP contribution in [0.2, 0.25) is 0 Å². The summed E-state index contributed by atoms with van der Waals surface area (Å²) in [5.74, 6) is -0.497. The summed E-state index contributed by atoms with van der Waals surface area (Å²) in [6.07, 6.45) is 12.7. The van der Waals surface area contributed by atoms with Gasteiger partial charge in [-0.05, 0) is 24.1 Å². The van der Waals surface area contributed by atoms with E-state index in [-0.39, 0.29) is 24.0 Å². The molecule has 4 heteroatoms. The predicted octanol–water partition coefficient (Wildman–Crippen LogP) is 7.59. The fraction of sp³-hybridized carbons (Fsp3) is 0.516. The van der Waals surface area contributed by atoms with Crippen molar-refractivity contribution in [2.75, 3.05) is 6.61 Å². The predicted molar refractivity (Wildman–Crippen MR) is 140 cm³/mol. The Morgan fingerprint density at radius 1 is 0.714 bits per heavy atom. The Morgan fingerprint density at radius 3 is 1.83 bits per heavy atom. The molecule has 4 nitrogen and oxygen atoms in total. The summed E-state index contributed by atoms with van der Waals surface area (Å²) in [4.78, 5) is 38.4. The maximum Gasteiger partial charge on any atom is 0.306 e.